The molecule has 0 bridgehead atoms. The van der Waals surface area contributed by atoms with Crippen LogP contribution in [-0.4, -0.2) is 31.4 Å². The van der Waals surface area contributed by atoms with Crippen LogP contribution in [-0.2, 0) is 9.53 Å². The second-order valence-corrected chi connectivity index (χ2v) is 4.39. The zero-order valence-corrected chi connectivity index (χ0v) is 10.6. The minimum Gasteiger partial charge on any atom is -0.482 e. The zero-order valence-electron chi connectivity index (χ0n) is 10.6. The third-order valence-electron chi connectivity index (χ3n) is 2.76. The van der Waals surface area contributed by atoms with Gasteiger partial charge < -0.3 is 14.8 Å². The Hall–Kier alpha value is -1.76. The fraction of sp³-hybridized carbons (Fsp3) is 0.462. The Morgan fingerprint density at radius 2 is 2.15 bits per heavy atom. The topological polar surface area (TPSA) is 47.6 Å². The van der Waals surface area contributed by atoms with E-state index in [9.17, 15) is 18.0 Å². The molecule has 0 aliphatic carbocycles. The molecular weight excluding hydrogens is 275 g/mol. The normalized spacial score (nSPS) is 18.9. The van der Waals surface area contributed by atoms with Gasteiger partial charge in [-0.3, -0.25) is 4.79 Å². The first-order chi connectivity index (χ1) is 9.46. The summed E-state index contributed by atoms with van der Waals surface area (Å²) in [6, 6.07) is 5.99. The number of alkyl halides is 3. The molecule has 1 aliphatic heterocycles. The second-order valence-electron chi connectivity index (χ2n) is 4.39. The van der Waals surface area contributed by atoms with Crippen molar-refractivity contribution < 1.29 is 27.4 Å². The molecule has 0 aromatic heterocycles. The van der Waals surface area contributed by atoms with Crippen LogP contribution in [0.15, 0.2) is 24.3 Å². The number of nitrogens with one attached hydrogen (secondary N) is 1. The first-order valence-corrected chi connectivity index (χ1v) is 6.17. The van der Waals surface area contributed by atoms with E-state index in [0.717, 1.165) is 6.42 Å². The maximum atomic E-state index is 12.1. The molecule has 1 aromatic rings. The molecule has 2 rings (SSSR count). The van der Waals surface area contributed by atoms with Crippen LogP contribution in [0.3, 0.4) is 0 Å². The van der Waals surface area contributed by atoms with Gasteiger partial charge in [-0.1, -0.05) is 12.1 Å². The number of hydrogen-bond acceptors (Lipinski definition) is 3. The van der Waals surface area contributed by atoms with Crippen molar-refractivity contribution in [1.29, 1.82) is 0 Å². The molecule has 7 heteroatoms. The van der Waals surface area contributed by atoms with Gasteiger partial charge in [-0.25, -0.2) is 0 Å². The SMILES string of the molecule is O=C(Nc1ccccc1OCC(F)(F)F)C1CCCO1. The lowest BCUT2D eigenvalue weighted by atomic mass is 10.2. The van der Waals surface area contributed by atoms with Crippen molar-refractivity contribution in [3.8, 4) is 5.75 Å². The molecule has 1 aliphatic rings. The van der Waals surface area contributed by atoms with Crippen LogP contribution in [0.4, 0.5) is 18.9 Å². The molecule has 0 radical (unpaired) electrons. The molecule has 1 fully saturated rings. The number of carbonyl (C=O) groups excluding carboxylic acids is 1. The van der Waals surface area contributed by atoms with Gasteiger partial charge in [0.2, 0.25) is 0 Å². The minimum atomic E-state index is -4.42. The summed E-state index contributed by atoms with van der Waals surface area (Å²) in [4.78, 5) is 11.9. The van der Waals surface area contributed by atoms with Crippen molar-refractivity contribution in [1.82, 2.24) is 0 Å². The number of amides is 1. The maximum Gasteiger partial charge on any atom is 0.422 e. The predicted octanol–water partition coefficient (Wildman–Crippen LogP) is 2.75. The van der Waals surface area contributed by atoms with Crippen LogP contribution >= 0.6 is 0 Å². The largest absolute Gasteiger partial charge is 0.482 e. The number of carbonyl (C=O) groups is 1. The van der Waals surface area contributed by atoms with Gasteiger partial charge in [-0.05, 0) is 25.0 Å². The van der Waals surface area contributed by atoms with Gasteiger partial charge in [-0.15, -0.1) is 0 Å². The fourth-order valence-corrected chi connectivity index (χ4v) is 1.85. The Balaban J connectivity index is 2.01. The molecule has 1 amide bonds. The Labute approximate surface area is 113 Å². The molecule has 1 saturated heterocycles. The number of hydrogen-bond donors (Lipinski definition) is 1. The Bertz CT molecular complexity index is 470. The quantitative estimate of drug-likeness (QED) is 0.927. The number of halogens is 3. The lowest BCUT2D eigenvalue weighted by Gasteiger charge is -2.15. The Morgan fingerprint density at radius 1 is 1.40 bits per heavy atom. The monoisotopic (exact) mass is 289 g/mol. The first-order valence-electron chi connectivity index (χ1n) is 6.17. The van der Waals surface area contributed by atoms with Crippen LogP contribution in [0, 0.1) is 0 Å². The van der Waals surface area contributed by atoms with Crippen LogP contribution in [0.25, 0.3) is 0 Å². The third kappa shape index (κ3) is 4.12. The van der Waals surface area contributed by atoms with E-state index in [1.54, 1.807) is 6.07 Å². The van der Waals surface area contributed by atoms with E-state index in [2.05, 4.69) is 10.1 Å². The fourth-order valence-electron chi connectivity index (χ4n) is 1.85. The molecule has 110 valence electrons. The van der Waals surface area contributed by atoms with E-state index < -0.39 is 18.9 Å². The number of ether oxygens (including phenoxy) is 2. The zero-order chi connectivity index (χ0) is 14.6. The van der Waals surface area contributed by atoms with Gasteiger partial charge in [0.15, 0.2) is 6.61 Å². The highest BCUT2D eigenvalue weighted by molar-refractivity contribution is 5.95. The standard InChI is InChI=1S/C13H14F3NO3/c14-13(15,16)8-20-10-5-2-1-4-9(10)17-12(18)11-6-3-7-19-11/h1-2,4-5,11H,3,6-8H2,(H,17,18). The Morgan fingerprint density at radius 3 is 2.80 bits per heavy atom. The van der Waals surface area contributed by atoms with Gasteiger partial charge in [-0.2, -0.15) is 13.2 Å². The average Bonchev–Trinajstić information content (AvgIpc) is 2.90. The molecule has 0 saturated carbocycles. The average molecular weight is 289 g/mol. The van der Waals surface area contributed by atoms with Gasteiger partial charge in [0.1, 0.15) is 11.9 Å². The van der Waals surface area contributed by atoms with Crippen molar-refractivity contribution >= 4 is 11.6 Å². The van der Waals surface area contributed by atoms with Crippen molar-refractivity contribution in [2.75, 3.05) is 18.5 Å². The van der Waals surface area contributed by atoms with Gasteiger partial charge in [0, 0.05) is 6.61 Å². The van der Waals surface area contributed by atoms with Crippen molar-refractivity contribution in [2.45, 2.75) is 25.1 Å². The molecule has 1 aromatic carbocycles. The van der Waals surface area contributed by atoms with Crippen LogP contribution in [0.2, 0.25) is 0 Å². The van der Waals surface area contributed by atoms with E-state index in [1.807, 2.05) is 0 Å². The summed E-state index contributed by atoms with van der Waals surface area (Å²) < 4.78 is 46.3. The third-order valence-corrected chi connectivity index (χ3v) is 2.76. The maximum absolute atomic E-state index is 12.1. The molecule has 1 atom stereocenters. The first kappa shape index (κ1) is 14.6. The Kier molecular flexibility index (Phi) is 4.49. The number of benzene rings is 1. The minimum absolute atomic E-state index is 0.0174. The van der Waals surface area contributed by atoms with E-state index in [0.29, 0.717) is 13.0 Å². The molecule has 1 unspecified atom stereocenters. The van der Waals surface area contributed by atoms with Crippen molar-refractivity contribution in [3.63, 3.8) is 0 Å². The number of anilines is 1. The summed E-state index contributed by atoms with van der Waals surface area (Å²) >= 11 is 0. The lowest BCUT2D eigenvalue weighted by Crippen LogP contribution is -2.27. The summed E-state index contributed by atoms with van der Waals surface area (Å²) in [6.45, 7) is -0.885. The smallest absolute Gasteiger partial charge is 0.422 e. The van der Waals surface area contributed by atoms with Crippen LogP contribution in [0.1, 0.15) is 12.8 Å². The van der Waals surface area contributed by atoms with Gasteiger partial charge >= 0.3 is 6.18 Å². The summed E-state index contributed by atoms with van der Waals surface area (Å²) in [5.74, 6) is -0.387. The lowest BCUT2D eigenvalue weighted by molar-refractivity contribution is -0.153. The molecule has 4 nitrogen and oxygen atoms in total. The second kappa shape index (κ2) is 6.13. The summed E-state index contributed by atoms with van der Waals surface area (Å²) in [7, 11) is 0. The van der Waals surface area contributed by atoms with E-state index in [-0.39, 0.29) is 17.3 Å². The molecule has 1 heterocycles. The van der Waals surface area contributed by atoms with E-state index in [4.69, 9.17) is 4.74 Å². The predicted molar refractivity (Wildman–Crippen MR) is 65.6 cm³/mol. The van der Waals surface area contributed by atoms with Crippen LogP contribution in [0.5, 0.6) is 5.75 Å². The number of rotatable bonds is 4. The summed E-state index contributed by atoms with van der Waals surface area (Å²) in [5, 5.41) is 2.53. The van der Waals surface area contributed by atoms with Crippen molar-refractivity contribution in [3.05, 3.63) is 24.3 Å². The summed E-state index contributed by atoms with van der Waals surface area (Å²) in [5.41, 5.74) is 0.206. The van der Waals surface area contributed by atoms with Gasteiger partial charge in [0.05, 0.1) is 5.69 Å². The molecule has 20 heavy (non-hydrogen) atoms. The highest BCUT2D eigenvalue weighted by Gasteiger charge is 2.29. The van der Waals surface area contributed by atoms with E-state index in [1.165, 1.54) is 18.2 Å². The van der Waals surface area contributed by atoms with Crippen LogP contribution < -0.4 is 10.1 Å². The molecular formula is C13H14F3NO3. The number of para-hydroxylation sites is 2. The highest BCUT2D eigenvalue weighted by atomic mass is 19.4. The van der Waals surface area contributed by atoms with Gasteiger partial charge in [0.25, 0.3) is 5.91 Å². The molecule has 0 spiro atoms. The highest BCUT2D eigenvalue weighted by Crippen LogP contribution is 2.27. The molecule has 1 N–H and O–H groups in total. The summed E-state index contributed by atoms with van der Waals surface area (Å²) in [6.07, 6.45) is -3.57. The van der Waals surface area contributed by atoms with Crippen molar-refractivity contribution in [2.24, 2.45) is 0 Å². The van der Waals surface area contributed by atoms with E-state index >= 15 is 0 Å².